The van der Waals surface area contributed by atoms with Gasteiger partial charge in [-0.3, -0.25) is 9.59 Å². The SMILES string of the molecule is CCCC/C=C\CCCCCCCC(=O)OCCCCCCCC/C=C\CCCCCCCCCC(=O)NC(CO)C(O)CCCCCCCCCCCCCCCCCCCCCCCC. The Balaban J connectivity index is 3.46. The van der Waals surface area contributed by atoms with E-state index in [1.165, 1.54) is 238 Å². The Bertz CT molecular complexity index is 1040. The molecular formula is C61H117NO5. The minimum atomic E-state index is -0.673. The van der Waals surface area contributed by atoms with Crippen LogP contribution in [0, 0.1) is 0 Å². The van der Waals surface area contributed by atoms with Crippen LogP contribution in [0.3, 0.4) is 0 Å². The predicted octanol–water partition coefficient (Wildman–Crippen LogP) is 18.6. The number of hydrogen-bond acceptors (Lipinski definition) is 5. The van der Waals surface area contributed by atoms with Crippen molar-refractivity contribution in [1.29, 1.82) is 0 Å². The van der Waals surface area contributed by atoms with E-state index in [9.17, 15) is 19.8 Å². The average molecular weight is 945 g/mol. The van der Waals surface area contributed by atoms with Crippen molar-refractivity contribution in [3.63, 3.8) is 0 Å². The third-order valence-corrected chi connectivity index (χ3v) is 14.0. The van der Waals surface area contributed by atoms with Crippen LogP contribution in [-0.4, -0.2) is 47.4 Å². The van der Waals surface area contributed by atoms with E-state index in [2.05, 4.69) is 43.5 Å². The first-order valence-corrected chi connectivity index (χ1v) is 30.1. The number of nitrogens with one attached hydrogen (secondary N) is 1. The molecule has 2 unspecified atom stereocenters. The number of rotatable bonds is 56. The monoisotopic (exact) mass is 944 g/mol. The molecule has 67 heavy (non-hydrogen) atoms. The Morgan fingerprint density at radius 1 is 0.403 bits per heavy atom. The Labute approximate surface area is 418 Å². The van der Waals surface area contributed by atoms with Gasteiger partial charge in [0, 0.05) is 12.8 Å². The molecule has 0 spiro atoms. The zero-order valence-electron chi connectivity index (χ0n) is 45.1. The van der Waals surface area contributed by atoms with Crippen molar-refractivity contribution < 1.29 is 24.5 Å². The highest BCUT2D eigenvalue weighted by molar-refractivity contribution is 5.76. The maximum absolute atomic E-state index is 12.5. The van der Waals surface area contributed by atoms with E-state index in [4.69, 9.17) is 4.74 Å². The number of amides is 1. The summed E-state index contributed by atoms with van der Waals surface area (Å²) in [6.07, 6.45) is 68.9. The number of carbonyl (C=O) groups is 2. The Morgan fingerprint density at radius 3 is 1.10 bits per heavy atom. The fourth-order valence-electron chi connectivity index (χ4n) is 9.32. The van der Waals surface area contributed by atoms with Gasteiger partial charge in [-0.1, -0.05) is 269 Å². The lowest BCUT2D eigenvalue weighted by atomic mass is 10.0. The van der Waals surface area contributed by atoms with Crippen LogP contribution in [-0.2, 0) is 14.3 Å². The molecule has 0 heterocycles. The van der Waals surface area contributed by atoms with Crippen LogP contribution in [0.2, 0.25) is 0 Å². The summed E-state index contributed by atoms with van der Waals surface area (Å²) in [6.45, 7) is 4.91. The first-order chi connectivity index (χ1) is 33.0. The van der Waals surface area contributed by atoms with Gasteiger partial charge in [0.05, 0.1) is 25.4 Å². The Kier molecular flexibility index (Phi) is 55.5. The summed E-state index contributed by atoms with van der Waals surface area (Å²) in [7, 11) is 0. The van der Waals surface area contributed by atoms with Crippen molar-refractivity contribution in [2.75, 3.05) is 13.2 Å². The van der Waals surface area contributed by atoms with E-state index < -0.39 is 12.1 Å². The fraction of sp³-hybridized carbons (Fsp3) is 0.902. The smallest absolute Gasteiger partial charge is 0.305 e. The summed E-state index contributed by atoms with van der Waals surface area (Å²) in [5.74, 6) is -0.0566. The van der Waals surface area contributed by atoms with Crippen molar-refractivity contribution in [3.05, 3.63) is 24.3 Å². The number of carbonyl (C=O) groups excluding carboxylic acids is 2. The molecular weight excluding hydrogens is 827 g/mol. The van der Waals surface area contributed by atoms with Gasteiger partial charge < -0.3 is 20.3 Å². The standard InChI is InChI=1S/C61H117NO5/c1-3-5-7-9-11-13-15-16-17-18-19-20-21-22-24-27-30-34-37-41-45-49-53-59(64)58(57-63)62-60(65)54-50-46-42-38-35-31-28-25-23-26-29-32-36-40-44-48-52-56-67-61(66)55-51-47-43-39-33-14-12-10-8-6-4-2/h10,12,23,26,58-59,63-64H,3-9,11,13-22,24-25,27-57H2,1-2H3,(H,62,65)/b12-10-,26-23-. The van der Waals surface area contributed by atoms with Gasteiger partial charge in [-0.2, -0.15) is 0 Å². The maximum Gasteiger partial charge on any atom is 0.305 e. The molecule has 2 atom stereocenters. The Hall–Kier alpha value is -1.66. The largest absolute Gasteiger partial charge is 0.466 e. The van der Waals surface area contributed by atoms with Crippen LogP contribution in [0.15, 0.2) is 24.3 Å². The number of ether oxygens (including phenoxy) is 1. The number of aliphatic hydroxyl groups is 2. The summed E-state index contributed by atoms with van der Waals surface area (Å²) in [5.41, 5.74) is 0. The van der Waals surface area contributed by atoms with E-state index in [0.29, 0.717) is 25.9 Å². The summed E-state index contributed by atoms with van der Waals surface area (Å²) < 4.78 is 5.44. The van der Waals surface area contributed by atoms with E-state index >= 15 is 0 Å². The highest BCUT2D eigenvalue weighted by Gasteiger charge is 2.20. The van der Waals surface area contributed by atoms with Crippen molar-refractivity contribution in [2.45, 2.75) is 341 Å². The van der Waals surface area contributed by atoms with Crippen molar-refractivity contribution >= 4 is 11.9 Å². The molecule has 0 bridgehead atoms. The molecule has 0 rings (SSSR count). The number of hydrogen-bond donors (Lipinski definition) is 3. The first kappa shape index (κ1) is 65.3. The van der Waals surface area contributed by atoms with Gasteiger partial charge >= 0.3 is 5.97 Å². The van der Waals surface area contributed by atoms with Gasteiger partial charge in [0.1, 0.15) is 0 Å². The zero-order chi connectivity index (χ0) is 48.6. The second kappa shape index (κ2) is 56.9. The highest BCUT2D eigenvalue weighted by Crippen LogP contribution is 2.17. The number of esters is 1. The predicted molar refractivity (Wildman–Crippen MR) is 292 cm³/mol. The van der Waals surface area contributed by atoms with Crippen LogP contribution in [0.5, 0.6) is 0 Å². The van der Waals surface area contributed by atoms with Crippen molar-refractivity contribution in [3.8, 4) is 0 Å². The average Bonchev–Trinajstić information content (AvgIpc) is 3.33. The summed E-state index contributed by atoms with van der Waals surface area (Å²) in [4.78, 5) is 24.5. The van der Waals surface area contributed by atoms with Crippen LogP contribution < -0.4 is 5.32 Å². The van der Waals surface area contributed by atoms with E-state index in [1.54, 1.807) is 0 Å². The number of aliphatic hydroxyl groups excluding tert-OH is 2. The summed E-state index contributed by atoms with van der Waals surface area (Å²) >= 11 is 0. The number of unbranched alkanes of at least 4 members (excludes halogenated alkanes) is 41. The normalized spacial score (nSPS) is 12.7. The fourth-order valence-corrected chi connectivity index (χ4v) is 9.32. The zero-order valence-corrected chi connectivity index (χ0v) is 45.1. The van der Waals surface area contributed by atoms with Crippen LogP contribution in [0.25, 0.3) is 0 Å². The van der Waals surface area contributed by atoms with E-state index in [0.717, 1.165) is 57.8 Å². The second-order valence-corrected chi connectivity index (χ2v) is 20.7. The lowest BCUT2D eigenvalue weighted by molar-refractivity contribution is -0.143. The van der Waals surface area contributed by atoms with Gasteiger partial charge in [0.15, 0.2) is 0 Å². The molecule has 0 saturated heterocycles. The molecule has 0 aliphatic heterocycles. The third kappa shape index (κ3) is 53.5. The quantitative estimate of drug-likeness (QED) is 0.0321. The summed E-state index contributed by atoms with van der Waals surface area (Å²) in [6, 6.07) is -0.551. The molecule has 3 N–H and O–H groups in total. The lowest BCUT2D eigenvalue weighted by Gasteiger charge is -2.22. The molecule has 0 aromatic heterocycles. The second-order valence-electron chi connectivity index (χ2n) is 20.7. The summed E-state index contributed by atoms with van der Waals surface area (Å²) in [5, 5.41) is 23.4. The van der Waals surface area contributed by atoms with Crippen LogP contribution in [0.1, 0.15) is 328 Å². The molecule has 396 valence electrons. The first-order valence-electron chi connectivity index (χ1n) is 30.1. The molecule has 6 nitrogen and oxygen atoms in total. The molecule has 0 saturated carbocycles. The van der Waals surface area contributed by atoms with Gasteiger partial charge in [-0.25, -0.2) is 0 Å². The minimum absolute atomic E-state index is 0.0124. The van der Waals surface area contributed by atoms with E-state index in [-0.39, 0.29) is 18.5 Å². The van der Waals surface area contributed by atoms with E-state index in [1.807, 2.05) is 0 Å². The van der Waals surface area contributed by atoms with Crippen molar-refractivity contribution in [2.24, 2.45) is 0 Å². The van der Waals surface area contributed by atoms with Crippen molar-refractivity contribution in [1.82, 2.24) is 5.32 Å². The molecule has 1 amide bonds. The van der Waals surface area contributed by atoms with Gasteiger partial charge in [0.2, 0.25) is 5.91 Å². The molecule has 0 aliphatic rings. The lowest BCUT2D eigenvalue weighted by Crippen LogP contribution is -2.45. The van der Waals surface area contributed by atoms with Crippen LogP contribution in [0.4, 0.5) is 0 Å². The molecule has 0 aliphatic carbocycles. The van der Waals surface area contributed by atoms with Gasteiger partial charge in [-0.15, -0.1) is 0 Å². The van der Waals surface area contributed by atoms with Gasteiger partial charge in [-0.05, 0) is 70.6 Å². The minimum Gasteiger partial charge on any atom is -0.466 e. The molecule has 0 aromatic rings. The van der Waals surface area contributed by atoms with Gasteiger partial charge in [0.25, 0.3) is 0 Å². The molecule has 6 heteroatoms. The maximum atomic E-state index is 12.5. The highest BCUT2D eigenvalue weighted by atomic mass is 16.5. The Morgan fingerprint density at radius 2 is 0.716 bits per heavy atom. The third-order valence-electron chi connectivity index (χ3n) is 14.0. The molecule has 0 aromatic carbocycles. The number of allylic oxidation sites excluding steroid dienone is 4. The van der Waals surface area contributed by atoms with Crippen LogP contribution >= 0.6 is 0 Å². The topological polar surface area (TPSA) is 95.9 Å². The molecule has 0 fully saturated rings. The molecule has 0 radical (unpaired) electrons.